The van der Waals surface area contributed by atoms with E-state index in [0.29, 0.717) is 5.39 Å². The molecule has 1 unspecified atom stereocenters. The van der Waals surface area contributed by atoms with Crippen molar-refractivity contribution < 1.29 is 14.3 Å². The number of carbonyl (C=O) groups is 2. The first-order chi connectivity index (χ1) is 11.0. The summed E-state index contributed by atoms with van der Waals surface area (Å²) in [6.07, 6.45) is 0.515. The lowest BCUT2D eigenvalue weighted by Crippen LogP contribution is -2.40. The Balaban J connectivity index is 2.17. The van der Waals surface area contributed by atoms with Gasteiger partial charge in [0.2, 0.25) is 0 Å². The minimum atomic E-state index is -1.19. The quantitative estimate of drug-likeness (QED) is 0.645. The number of hydrogen-bond donors (Lipinski definition) is 0. The maximum absolute atomic E-state index is 12.4. The number of hydrogen-bond acceptors (Lipinski definition) is 4. The Kier molecular flexibility index (Phi) is 3.76. The SMILES string of the molecule is CCOC(=O)C1(C(C)=O)Cc2cc(=O)c3ccccc3cc2C1. The number of ether oxygens (including phenoxy) is 1. The predicted octanol–water partition coefficient (Wildman–Crippen LogP) is 2.44. The maximum atomic E-state index is 12.4. The first-order valence-electron chi connectivity index (χ1n) is 7.71. The molecule has 0 N–H and O–H groups in total. The molecule has 3 rings (SSSR count). The van der Waals surface area contributed by atoms with Gasteiger partial charge >= 0.3 is 5.97 Å². The molecule has 0 spiro atoms. The fourth-order valence-corrected chi connectivity index (χ4v) is 3.30. The zero-order valence-corrected chi connectivity index (χ0v) is 13.2. The third-order valence-corrected chi connectivity index (χ3v) is 4.60. The van der Waals surface area contributed by atoms with Gasteiger partial charge in [0.05, 0.1) is 6.61 Å². The van der Waals surface area contributed by atoms with E-state index in [4.69, 9.17) is 4.74 Å². The van der Waals surface area contributed by atoms with Crippen molar-refractivity contribution in [1.82, 2.24) is 0 Å². The normalized spacial score (nSPS) is 19.4. The van der Waals surface area contributed by atoms with Gasteiger partial charge in [0, 0.05) is 5.39 Å². The zero-order chi connectivity index (χ0) is 16.6. The number of carbonyl (C=O) groups excluding carboxylic acids is 2. The second kappa shape index (κ2) is 5.61. The minimum absolute atomic E-state index is 0.0925. The van der Waals surface area contributed by atoms with Crippen molar-refractivity contribution in [2.75, 3.05) is 6.61 Å². The Morgan fingerprint density at radius 2 is 1.78 bits per heavy atom. The van der Waals surface area contributed by atoms with Crippen molar-refractivity contribution in [2.24, 2.45) is 5.41 Å². The van der Waals surface area contributed by atoms with Crippen LogP contribution in [0.15, 0.2) is 41.2 Å². The highest BCUT2D eigenvalue weighted by Gasteiger charge is 2.49. The molecule has 0 bridgehead atoms. The summed E-state index contributed by atoms with van der Waals surface area (Å²) in [5.74, 6) is -0.713. The van der Waals surface area contributed by atoms with Crippen molar-refractivity contribution in [3.8, 4) is 0 Å². The summed E-state index contributed by atoms with van der Waals surface area (Å²) in [4.78, 5) is 37.0. The average Bonchev–Trinajstić information content (AvgIpc) is 2.82. The van der Waals surface area contributed by atoms with Gasteiger partial charge in [-0.1, -0.05) is 30.3 Å². The van der Waals surface area contributed by atoms with E-state index in [0.717, 1.165) is 16.5 Å². The van der Waals surface area contributed by atoms with Gasteiger partial charge in [0.1, 0.15) is 11.2 Å². The number of benzene rings is 1. The van der Waals surface area contributed by atoms with E-state index in [1.807, 2.05) is 24.3 Å². The monoisotopic (exact) mass is 310 g/mol. The molecule has 1 aliphatic rings. The molecule has 0 aromatic heterocycles. The van der Waals surface area contributed by atoms with Crippen molar-refractivity contribution in [2.45, 2.75) is 26.7 Å². The Labute approximate surface area is 134 Å². The molecule has 118 valence electrons. The lowest BCUT2D eigenvalue weighted by molar-refractivity contribution is -0.159. The van der Waals surface area contributed by atoms with Crippen LogP contribution < -0.4 is 5.43 Å². The zero-order valence-electron chi connectivity index (χ0n) is 13.2. The molecule has 0 saturated heterocycles. The van der Waals surface area contributed by atoms with Crippen LogP contribution in [0.2, 0.25) is 0 Å². The van der Waals surface area contributed by atoms with Gasteiger partial charge in [0.25, 0.3) is 0 Å². The Morgan fingerprint density at radius 3 is 2.43 bits per heavy atom. The van der Waals surface area contributed by atoms with Crippen LogP contribution in [0.4, 0.5) is 0 Å². The van der Waals surface area contributed by atoms with Gasteiger partial charge in [-0.3, -0.25) is 14.4 Å². The standard InChI is InChI=1S/C19H18O4/c1-3-23-18(22)19(12(2)20)10-14-8-13-6-4-5-7-16(13)17(21)9-15(14)11-19/h4-9H,3,10-11H2,1-2H3. The molecule has 1 atom stereocenters. The summed E-state index contributed by atoms with van der Waals surface area (Å²) < 4.78 is 5.12. The highest BCUT2D eigenvalue weighted by molar-refractivity contribution is 6.04. The van der Waals surface area contributed by atoms with Crippen LogP contribution in [0.5, 0.6) is 0 Å². The lowest BCUT2D eigenvalue weighted by atomic mass is 9.81. The largest absolute Gasteiger partial charge is 0.465 e. The van der Waals surface area contributed by atoms with Crippen LogP contribution in [0.3, 0.4) is 0 Å². The molecule has 0 amide bonds. The predicted molar refractivity (Wildman–Crippen MR) is 87.4 cm³/mol. The minimum Gasteiger partial charge on any atom is -0.465 e. The van der Waals surface area contributed by atoms with Crippen molar-refractivity contribution in [1.29, 1.82) is 0 Å². The topological polar surface area (TPSA) is 60.4 Å². The lowest BCUT2D eigenvalue weighted by Gasteiger charge is -2.23. The molecule has 0 saturated carbocycles. The van der Waals surface area contributed by atoms with Gasteiger partial charge < -0.3 is 4.74 Å². The van der Waals surface area contributed by atoms with Crippen molar-refractivity contribution >= 4 is 22.5 Å². The van der Waals surface area contributed by atoms with Crippen LogP contribution >= 0.6 is 0 Å². The molecule has 4 heteroatoms. The molecule has 0 heterocycles. The molecular formula is C19H18O4. The number of esters is 1. The van der Waals surface area contributed by atoms with Crippen molar-refractivity contribution in [3.05, 3.63) is 57.7 Å². The second-order valence-electron chi connectivity index (χ2n) is 6.00. The Morgan fingerprint density at radius 1 is 1.13 bits per heavy atom. The van der Waals surface area contributed by atoms with Gasteiger partial charge in [-0.2, -0.15) is 0 Å². The van der Waals surface area contributed by atoms with Gasteiger partial charge in [-0.25, -0.2) is 0 Å². The number of ketones is 1. The van der Waals surface area contributed by atoms with E-state index >= 15 is 0 Å². The molecule has 0 fully saturated rings. The first-order valence-corrected chi connectivity index (χ1v) is 7.71. The first kappa shape index (κ1) is 15.4. The number of rotatable bonds is 3. The van der Waals surface area contributed by atoms with Crippen LogP contribution in [-0.4, -0.2) is 18.4 Å². The summed E-state index contributed by atoms with van der Waals surface area (Å²) in [5.41, 5.74) is 0.339. The molecule has 23 heavy (non-hydrogen) atoms. The summed E-state index contributed by atoms with van der Waals surface area (Å²) >= 11 is 0. The van der Waals surface area contributed by atoms with E-state index in [-0.39, 0.29) is 30.7 Å². The van der Waals surface area contributed by atoms with E-state index < -0.39 is 11.4 Å². The summed E-state index contributed by atoms with van der Waals surface area (Å²) in [7, 11) is 0. The molecule has 0 radical (unpaired) electrons. The summed E-state index contributed by atoms with van der Waals surface area (Å²) in [6.45, 7) is 3.36. The van der Waals surface area contributed by atoms with Gasteiger partial charge in [-0.15, -0.1) is 0 Å². The van der Waals surface area contributed by atoms with E-state index in [9.17, 15) is 14.4 Å². The van der Waals surface area contributed by atoms with Crippen LogP contribution in [0.1, 0.15) is 25.0 Å². The van der Waals surface area contributed by atoms with E-state index in [1.165, 1.54) is 6.92 Å². The third kappa shape index (κ3) is 2.44. The molecular weight excluding hydrogens is 292 g/mol. The van der Waals surface area contributed by atoms with Crippen LogP contribution in [0.25, 0.3) is 10.8 Å². The van der Waals surface area contributed by atoms with E-state index in [2.05, 4.69) is 0 Å². The summed E-state index contributed by atoms with van der Waals surface area (Å²) in [6, 6.07) is 10.8. The van der Waals surface area contributed by atoms with Crippen LogP contribution in [-0.2, 0) is 27.2 Å². The Bertz CT molecular complexity index is 869. The fourth-order valence-electron chi connectivity index (χ4n) is 3.30. The van der Waals surface area contributed by atoms with Gasteiger partial charge in [0.15, 0.2) is 5.43 Å². The third-order valence-electron chi connectivity index (χ3n) is 4.60. The molecule has 4 nitrogen and oxygen atoms in total. The van der Waals surface area contributed by atoms with Gasteiger partial charge in [-0.05, 0) is 49.3 Å². The Hall–Kier alpha value is -2.49. The smallest absolute Gasteiger partial charge is 0.320 e. The molecule has 1 aliphatic carbocycles. The van der Waals surface area contributed by atoms with Crippen LogP contribution in [0, 0.1) is 5.41 Å². The highest BCUT2D eigenvalue weighted by atomic mass is 16.5. The average molecular weight is 310 g/mol. The molecule has 2 aromatic carbocycles. The highest BCUT2D eigenvalue weighted by Crippen LogP contribution is 2.39. The van der Waals surface area contributed by atoms with Crippen molar-refractivity contribution in [3.63, 3.8) is 0 Å². The van der Waals surface area contributed by atoms with E-state index in [1.54, 1.807) is 19.1 Å². The molecule has 0 aliphatic heterocycles. The fraction of sp³-hybridized carbons (Fsp3) is 0.316. The number of Topliss-reactive ketones (excluding diaryl/α,β-unsaturated/α-hetero) is 1. The second-order valence-corrected chi connectivity index (χ2v) is 6.00. The number of fused-ring (bicyclic) bond motifs is 2. The molecule has 2 aromatic rings. The summed E-state index contributed by atoms with van der Waals surface area (Å²) in [5, 5.41) is 1.47. The maximum Gasteiger partial charge on any atom is 0.320 e.